The molecule has 2 rings (SSSR count). The van der Waals surface area contributed by atoms with Crippen molar-refractivity contribution in [2.75, 3.05) is 11.9 Å². The molecule has 0 bridgehead atoms. The molecule has 0 aromatic heterocycles. The van der Waals surface area contributed by atoms with Crippen LogP contribution in [-0.2, 0) is 4.74 Å². The summed E-state index contributed by atoms with van der Waals surface area (Å²) in [6.07, 6.45) is 0.616. The molecule has 7 heteroatoms. The van der Waals surface area contributed by atoms with Gasteiger partial charge in [0.05, 0.1) is 22.9 Å². The number of ether oxygens (including phenoxy) is 1. The van der Waals surface area contributed by atoms with Crippen LogP contribution in [-0.4, -0.2) is 35.4 Å². The minimum Gasteiger partial charge on any atom is -0.478 e. The number of benzene rings is 1. The normalized spacial score (nSPS) is 24.6. The zero-order chi connectivity index (χ0) is 15.6. The number of anilines is 1. The Hall–Kier alpha value is -1.60. The van der Waals surface area contributed by atoms with Crippen molar-refractivity contribution < 1.29 is 19.4 Å². The quantitative estimate of drug-likeness (QED) is 0.776. The Kier molecular flexibility index (Phi) is 4.53. The number of para-hydroxylation sites is 1. The lowest BCUT2D eigenvalue weighted by atomic mass is 9.95. The molecule has 0 radical (unpaired) electrons. The Morgan fingerprint density at radius 1 is 1.48 bits per heavy atom. The number of aromatic carboxylic acids is 1. The van der Waals surface area contributed by atoms with Crippen molar-refractivity contribution in [3.8, 4) is 0 Å². The van der Waals surface area contributed by atoms with Crippen molar-refractivity contribution in [1.82, 2.24) is 5.32 Å². The first-order valence-electron chi connectivity index (χ1n) is 6.56. The highest BCUT2D eigenvalue weighted by Crippen LogP contribution is 2.28. The zero-order valence-corrected chi connectivity index (χ0v) is 13.4. The van der Waals surface area contributed by atoms with Crippen LogP contribution in [0.5, 0.6) is 0 Å². The molecule has 1 saturated heterocycles. The average Bonchev–Trinajstić information content (AvgIpc) is 2.71. The predicted molar refractivity (Wildman–Crippen MR) is 81.7 cm³/mol. The molecule has 2 amide bonds. The standard InChI is InChI=1S/C14H17BrN2O4/c1-8-14(2,6-7-21-8)17-13(20)16-11-9(12(18)19)4-3-5-10(11)15/h3-5,8H,6-7H2,1-2H3,(H,18,19)(H2,16,17,20). The van der Waals surface area contributed by atoms with E-state index >= 15 is 0 Å². The number of rotatable bonds is 3. The SMILES string of the molecule is CC1OCCC1(C)NC(=O)Nc1c(Br)cccc1C(=O)O. The summed E-state index contributed by atoms with van der Waals surface area (Å²) < 4.78 is 5.97. The molecule has 1 fully saturated rings. The molecule has 0 aliphatic carbocycles. The summed E-state index contributed by atoms with van der Waals surface area (Å²) in [5, 5.41) is 14.6. The van der Waals surface area contributed by atoms with E-state index in [2.05, 4.69) is 26.6 Å². The highest BCUT2D eigenvalue weighted by atomic mass is 79.9. The maximum atomic E-state index is 12.2. The fourth-order valence-corrected chi connectivity index (χ4v) is 2.70. The molecule has 1 aromatic rings. The Balaban J connectivity index is 2.15. The lowest BCUT2D eigenvalue weighted by Crippen LogP contribution is -2.52. The number of carboxylic acids is 1. The van der Waals surface area contributed by atoms with Gasteiger partial charge in [-0.1, -0.05) is 6.07 Å². The maximum absolute atomic E-state index is 12.2. The molecule has 0 saturated carbocycles. The summed E-state index contributed by atoms with van der Waals surface area (Å²) in [7, 11) is 0. The second kappa shape index (κ2) is 6.03. The molecule has 1 aromatic carbocycles. The van der Waals surface area contributed by atoms with Crippen LogP contribution in [0.4, 0.5) is 10.5 Å². The summed E-state index contributed by atoms with van der Waals surface area (Å²) in [5.74, 6) is -1.10. The molecule has 1 heterocycles. The van der Waals surface area contributed by atoms with Gasteiger partial charge in [0.15, 0.2) is 0 Å². The topological polar surface area (TPSA) is 87.7 Å². The van der Waals surface area contributed by atoms with Crippen molar-refractivity contribution in [3.05, 3.63) is 28.2 Å². The summed E-state index contributed by atoms with van der Waals surface area (Å²) in [5.41, 5.74) is -0.201. The van der Waals surface area contributed by atoms with Crippen LogP contribution >= 0.6 is 15.9 Å². The van der Waals surface area contributed by atoms with Crippen LogP contribution in [0.15, 0.2) is 22.7 Å². The van der Waals surface area contributed by atoms with Crippen LogP contribution in [0.1, 0.15) is 30.6 Å². The number of carbonyl (C=O) groups is 2. The number of hydrogen-bond acceptors (Lipinski definition) is 3. The number of halogens is 1. The molecule has 2 atom stereocenters. The number of urea groups is 1. The summed E-state index contributed by atoms with van der Waals surface area (Å²) >= 11 is 3.25. The van der Waals surface area contributed by atoms with Crippen molar-refractivity contribution in [2.24, 2.45) is 0 Å². The maximum Gasteiger partial charge on any atom is 0.337 e. The van der Waals surface area contributed by atoms with E-state index in [1.807, 2.05) is 13.8 Å². The molecule has 2 unspecified atom stereocenters. The first-order valence-corrected chi connectivity index (χ1v) is 7.35. The van der Waals surface area contributed by atoms with Gasteiger partial charge < -0.3 is 20.5 Å². The minimum absolute atomic E-state index is 0.0281. The van der Waals surface area contributed by atoms with Crippen LogP contribution in [0.25, 0.3) is 0 Å². The Bertz CT molecular complexity index is 578. The molecule has 0 spiro atoms. The second-order valence-electron chi connectivity index (χ2n) is 5.23. The smallest absolute Gasteiger partial charge is 0.337 e. The van der Waals surface area contributed by atoms with E-state index in [1.165, 1.54) is 6.07 Å². The third-order valence-corrected chi connectivity index (χ3v) is 4.43. The predicted octanol–water partition coefficient (Wildman–Crippen LogP) is 2.84. The Morgan fingerprint density at radius 3 is 2.76 bits per heavy atom. The highest BCUT2D eigenvalue weighted by Gasteiger charge is 2.38. The van der Waals surface area contributed by atoms with E-state index in [0.717, 1.165) is 0 Å². The van der Waals surface area contributed by atoms with Gasteiger partial charge in [0.2, 0.25) is 0 Å². The van der Waals surface area contributed by atoms with E-state index in [0.29, 0.717) is 17.5 Å². The van der Waals surface area contributed by atoms with Gasteiger partial charge in [-0.2, -0.15) is 0 Å². The molecule has 1 aliphatic heterocycles. The number of carboxylic acid groups (broad SMARTS) is 1. The fourth-order valence-electron chi connectivity index (χ4n) is 2.23. The number of nitrogens with one attached hydrogen (secondary N) is 2. The summed E-state index contributed by atoms with van der Waals surface area (Å²) in [6, 6.07) is 4.26. The van der Waals surface area contributed by atoms with Crippen LogP contribution in [0.3, 0.4) is 0 Å². The Labute approximate surface area is 131 Å². The van der Waals surface area contributed by atoms with Crippen molar-refractivity contribution in [3.63, 3.8) is 0 Å². The van der Waals surface area contributed by atoms with Crippen LogP contribution in [0.2, 0.25) is 0 Å². The lowest BCUT2D eigenvalue weighted by Gasteiger charge is -2.29. The van der Waals surface area contributed by atoms with E-state index in [-0.39, 0.29) is 17.4 Å². The van der Waals surface area contributed by atoms with E-state index in [9.17, 15) is 9.59 Å². The summed E-state index contributed by atoms with van der Waals surface area (Å²) in [6.45, 7) is 4.39. The molecule has 6 nitrogen and oxygen atoms in total. The van der Waals surface area contributed by atoms with Gasteiger partial charge in [0.25, 0.3) is 0 Å². The third-order valence-electron chi connectivity index (χ3n) is 3.77. The number of hydrogen-bond donors (Lipinski definition) is 3. The van der Waals surface area contributed by atoms with Gasteiger partial charge in [-0.05, 0) is 48.3 Å². The van der Waals surface area contributed by atoms with E-state index in [4.69, 9.17) is 9.84 Å². The highest BCUT2D eigenvalue weighted by molar-refractivity contribution is 9.10. The number of carbonyl (C=O) groups excluding carboxylic acids is 1. The summed E-state index contributed by atoms with van der Waals surface area (Å²) in [4.78, 5) is 23.4. The monoisotopic (exact) mass is 356 g/mol. The van der Waals surface area contributed by atoms with Crippen molar-refractivity contribution in [2.45, 2.75) is 31.9 Å². The molecule has 21 heavy (non-hydrogen) atoms. The molecule has 1 aliphatic rings. The van der Waals surface area contributed by atoms with Crippen molar-refractivity contribution in [1.29, 1.82) is 0 Å². The molecular formula is C14H17BrN2O4. The molecule has 114 valence electrons. The van der Waals surface area contributed by atoms with Crippen LogP contribution in [0, 0.1) is 0 Å². The second-order valence-corrected chi connectivity index (χ2v) is 6.08. The first-order chi connectivity index (χ1) is 9.83. The third kappa shape index (κ3) is 3.36. The Morgan fingerprint density at radius 2 is 2.19 bits per heavy atom. The molecule has 3 N–H and O–H groups in total. The minimum atomic E-state index is -1.10. The van der Waals surface area contributed by atoms with Gasteiger partial charge >= 0.3 is 12.0 Å². The van der Waals surface area contributed by atoms with Gasteiger partial charge in [-0.25, -0.2) is 9.59 Å². The van der Waals surface area contributed by atoms with E-state index in [1.54, 1.807) is 12.1 Å². The van der Waals surface area contributed by atoms with Crippen LogP contribution < -0.4 is 10.6 Å². The first kappa shape index (κ1) is 15.8. The van der Waals surface area contributed by atoms with E-state index < -0.39 is 17.5 Å². The lowest BCUT2D eigenvalue weighted by molar-refractivity contribution is 0.0698. The number of amides is 2. The van der Waals surface area contributed by atoms with Gasteiger partial charge in [0, 0.05) is 11.1 Å². The van der Waals surface area contributed by atoms with Gasteiger partial charge in [0.1, 0.15) is 0 Å². The molecular weight excluding hydrogens is 340 g/mol. The average molecular weight is 357 g/mol. The largest absolute Gasteiger partial charge is 0.478 e. The zero-order valence-electron chi connectivity index (χ0n) is 11.8. The van der Waals surface area contributed by atoms with Gasteiger partial charge in [-0.15, -0.1) is 0 Å². The van der Waals surface area contributed by atoms with Gasteiger partial charge in [-0.3, -0.25) is 0 Å². The fraction of sp³-hybridized carbons (Fsp3) is 0.429. The van der Waals surface area contributed by atoms with Crippen molar-refractivity contribution >= 4 is 33.6 Å².